The number of ether oxygens (including phenoxy) is 1. The van der Waals surface area contributed by atoms with Crippen LogP contribution in [0.15, 0.2) is 60.2 Å². The average Bonchev–Trinajstić information content (AvgIpc) is 2.69. The van der Waals surface area contributed by atoms with Crippen LogP contribution >= 0.6 is 0 Å². The Morgan fingerprint density at radius 3 is 2.52 bits per heavy atom. The quantitative estimate of drug-likeness (QED) is 0.287. The molecule has 0 aliphatic carbocycles. The van der Waals surface area contributed by atoms with Crippen molar-refractivity contribution in [2.75, 3.05) is 0 Å². The summed E-state index contributed by atoms with van der Waals surface area (Å²) >= 11 is 0. The number of amides is 1. The first-order valence-electron chi connectivity index (χ1n) is 8.73. The number of aliphatic hydroxyl groups is 1. The third-order valence-corrected chi connectivity index (χ3v) is 4.02. The third-order valence-electron chi connectivity index (χ3n) is 4.02. The summed E-state index contributed by atoms with van der Waals surface area (Å²) in [6, 6.07) is 13.4. The maximum Gasteiger partial charge on any atom is 0.267 e. The Hall–Kier alpha value is -2.89. The number of allylic oxidation sites excluding steroid dienone is 2. The molecule has 0 aliphatic heterocycles. The van der Waals surface area contributed by atoms with E-state index in [1.54, 1.807) is 17.6 Å². The van der Waals surface area contributed by atoms with Crippen LogP contribution in [0.4, 0.5) is 0 Å². The van der Waals surface area contributed by atoms with Gasteiger partial charge in [-0.1, -0.05) is 54.1 Å². The molecule has 27 heavy (non-hydrogen) atoms. The maximum absolute atomic E-state index is 11.4. The molecule has 0 bridgehead atoms. The Balaban J connectivity index is 2.45. The van der Waals surface area contributed by atoms with E-state index in [2.05, 4.69) is 6.08 Å². The van der Waals surface area contributed by atoms with Crippen LogP contribution in [0.25, 0.3) is 6.08 Å². The zero-order valence-electron chi connectivity index (χ0n) is 15.6. The van der Waals surface area contributed by atoms with Crippen LogP contribution in [0.2, 0.25) is 0 Å². The molecule has 5 heteroatoms. The highest BCUT2D eigenvalue weighted by Gasteiger charge is 2.13. The van der Waals surface area contributed by atoms with E-state index in [1.807, 2.05) is 50.2 Å². The van der Waals surface area contributed by atoms with Crippen molar-refractivity contribution in [3.63, 3.8) is 0 Å². The molecule has 0 radical (unpaired) electrons. The number of benzene rings is 2. The molecular formula is C22H25NO4. The fourth-order valence-corrected chi connectivity index (χ4v) is 2.60. The van der Waals surface area contributed by atoms with E-state index >= 15 is 0 Å². The van der Waals surface area contributed by atoms with Crippen LogP contribution in [-0.4, -0.2) is 16.2 Å². The number of rotatable bonds is 8. The van der Waals surface area contributed by atoms with Gasteiger partial charge in [0.2, 0.25) is 0 Å². The minimum atomic E-state index is -0.624. The second-order valence-corrected chi connectivity index (χ2v) is 6.35. The lowest BCUT2D eigenvalue weighted by molar-refractivity contribution is -0.124. The molecule has 2 aromatic carbocycles. The van der Waals surface area contributed by atoms with Crippen LogP contribution in [0.1, 0.15) is 36.1 Å². The number of carbonyl (C=O) groups excluding carboxylic acids is 1. The average molecular weight is 367 g/mol. The van der Waals surface area contributed by atoms with Gasteiger partial charge in [-0.2, -0.15) is 0 Å². The smallest absolute Gasteiger partial charge is 0.267 e. The summed E-state index contributed by atoms with van der Waals surface area (Å²) in [5, 5.41) is 18.4. The van der Waals surface area contributed by atoms with Crippen molar-refractivity contribution in [1.82, 2.24) is 5.48 Å². The van der Waals surface area contributed by atoms with Gasteiger partial charge in [-0.25, -0.2) is 5.48 Å². The number of carbonyl (C=O) groups is 1. The van der Waals surface area contributed by atoms with Gasteiger partial charge in [0.15, 0.2) is 0 Å². The van der Waals surface area contributed by atoms with Crippen molar-refractivity contribution < 1.29 is 19.8 Å². The van der Waals surface area contributed by atoms with E-state index in [0.29, 0.717) is 24.3 Å². The van der Waals surface area contributed by atoms with E-state index in [1.165, 1.54) is 6.08 Å². The van der Waals surface area contributed by atoms with Crippen LogP contribution in [0.5, 0.6) is 5.75 Å². The van der Waals surface area contributed by atoms with Crippen molar-refractivity contribution >= 4 is 12.0 Å². The lowest BCUT2D eigenvalue weighted by Crippen LogP contribution is -2.14. The Morgan fingerprint density at radius 2 is 1.89 bits per heavy atom. The van der Waals surface area contributed by atoms with Crippen LogP contribution in [0.3, 0.4) is 0 Å². The predicted molar refractivity (Wildman–Crippen MR) is 105 cm³/mol. The molecule has 0 saturated heterocycles. The van der Waals surface area contributed by atoms with Gasteiger partial charge < -0.3 is 9.84 Å². The summed E-state index contributed by atoms with van der Waals surface area (Å²) in [5.41, 5.74) is 6.10. The molecule has 5 nitrogen and oxygen atoms in total. The van der Waals surface area contributed by atoms with Crippen molar-refractivity contribution in [2.45, 2.75) is 33.5 Å². The molecule has 0 saturated carbocycles. The minimum Gasteiger partial charge on any atom is -0.488 e. The molecule has 0 heterocycles. The van der Waals surface area contributed by atoms with E-state index in [0.717, 1.165) is 22.3 Å². The van der Waals surface area contributed by atoms with Gasteiger partial charge >= 0.3 is 0 Å². The Labute approximate surface area is 159 Å². The predicted octanol–water partition coefficient (Wildman–Crippen LogP) is 3.79. The highest BCUT2D eigenvalue weighted by atomic mass is 16.5. The van der Waals surface area contributed by atoms with Crippen LogP contribution in [0, 0.1) is 0 Å². The summed E-state index contributed by atoms with van der Waals surface area (Å²) < 4.78 is 6.11. The second kappa shape index (κ2) is 10.3. The first kappa shape index (κ1) is 20.4. The lowest BCUT2D eigenvalue weighted by Gasteiger charge is -2.17. The zero-order valence-corrected chi connectivity index (χ0v) is 15.6. The van der Waals surface area contributed by atoms with Gasteiger partial charge in [0, 0.05) is 17.2 Å². The molecule has 0 unspecified atom stereocenters. The van der Waals surface area contributed by atoms with Gasteiger partial charge in [0.25, 0.3) is 5.91 Å². The molecule has 3 N–H and O–H groups in total. The van der Waals surface area contributed by atoms with Gasteiger partial charge in [-0.3, -0.25) is 10.0 Å². The summed E-state index contributed by atoms with van der Waals surface area (Å²) in [6.07, 6.45) is 5.49. The monoisotopic (exact) mass is 367 g/mol. The molecule has 142 valence electrons. The number of aliphatic hydroxyl groups excluding tert-OH is 1. The van der Waals surface area contributed by atoms with Gasteiger partial charge in [0.05, 0.1) is 6.61 Å². The molecule has 0 aromatic heterocycles. The lowest BCUT2D eigenvalue weighted by atomic mass is 9.98. The topological polar surface area (TPSA) is 78.8 Å². The Kier molecular flexibility index (Phi) is 7.79. The van der Waals surface area contributed by atoms with Crippen molar-refractivity contribution in [1.29, 1.82) is 0 Å². The first-order valence-corrected chi connectivity index (χ1v) is 8.73. The zero-order chi connectivity index (χ0) is 19.6. The fraction of sp³-hybridized carbons (Fsp3) is 0.227. The van der Waals surface area contributed by atoms with E-state index in [9.17, 15) is 9.90 Å². The van der Waals surface area contributed by atoms with Crippen molar-refractivity contribution in [3.05, 3.63) is 82.4 Å². The largest absolute Gasteiger partial charge is 0.488 e. The summed E-state index contributed by atoms with van der Waals surface area (Å²) in [5.74, 6) is -0.00835. The maximum atomic E-state index is 11.4. The number of hydroxylamine groups is 1. The second-order valence-electron chi connectivity index (χ2n) is 6.35. The number of hydrogen-bond donors (Lipinski definition) is 3. The number of nitrogens with one attached hydrogen (secondary N) is 1. The van der Waals surface area contributed by atoms with Gasteiger partial charge in [0.1, 0.15) is 12.4 Å². The number of hydrogen-bond acceptors (Lipinski definition) is 4. The molecule has 0 fully saturated rings. The summed E-state index contributed by atoms with van der Waals surface area (Å²) in [4.78, 5) is 11.4. The molecule has 2 rings (SSSR count). The Bertz CT molecular complexity index is 822. The highest BCUT2D eigenvalue weighted by molar-refractivity contribution is 5.91. The first-order chi connectivity index (χ1) is 13.0. The van der Waals surface area contributed by atoms with E-state index in [4.69, 9.17) is 9.94 Å². The normalized spacial score (nSPS) is 10.7. The summed E-state index contributed by atoms with van der Waals surface area (Å²) in [6.45, 7) is 4.29. The summed E-state index contributed by atoms with van der Waals surface area (Å²) in [7, 11) is 0. The third kappa shape index (κ3) is 6.09. The SMILES string of the molecule is CC(C)=CCc1c(CO)ccc(/C=C\C(=O)NO)c1OCc1ccccc1. The van der Waals surface area contributed by atoms with E-state index < -0.39 is 5.91 Å². The Morgan fingerprint density at radius 1 is 1.15 bits per heavy atom. The van der Waals surface area contributed by atoms with Gasteiger partial charge in [-0.05, 0) is 37.5 Å². The minimum absolute atomic E-state index is 0.102. The highest BCUT2D eigenvalue weighted by Crippen LogP contribution is 2.31. The molecular weight excluding hydrogens is 342 g/mol. The fourth-order valence-electron chi connectivity index (χ4n) is 2.60. The molecule has 0 aliphatic rings. The van der Waals surface area contributed by atoms with Crippen molar-refractivity contribution in [3.8, 4) is 5.75 Å². The van der Waals surface area contributed by atoms with Crippen LogP contribution in [-0.2, 0) is 24.4 Å². The molecule has 2 aromatic rings. The van der Waals surface area contributed by atoms with E-state index in [-0.39, 0.29) is 6.61 Å². The molecule has 1 amide bonds. The molecule has 0 atom stereocenters. The van der Waals surface area contributed by atoms with Crippen molar-refractivity contribution in [2.24, 2.45) is 0 Å². The van der Waals surface area contributed by atoms with Crippen LogP contribution < -0.4 is 10.2 Å². The molecule has 0 spiro atoms. The van der Waals surface area contributed by atoms with Gasteiger partial charge in [-0.15, -0.1) is 0 Å². The standard InChI is InChI=1S/C22H25NO4/c1-16(2)8-12-20-19(14-24)10-9-18(11-13-21(25)23-26)22(20)27-15-17-6-4-3-5-7-17/h3-11,13,24,26H,12,14-15H2,1-2H3,(H,23,25)/b13-11-.